The third-order valence-corrected chi connectivity index (χ3v) is 4.06. The second-order valence-corrected chi connectivity index (χ2v) is 5.25. The van der Waals surface area contributed by atoms with Crippen molar-refractivity contribution in [3.63, 3.8) is 0 Å². The van der Waals surface area contributed by atoms with Gasteiger partial charge in [0.25, 0.3) is 0 Å². The van der Waals surface area contributed by atoms with Crippen molar-refractivity contribution in [3.05, 3.63) is 35.9 Å². The van der Waals surface area contributed by atoms with E-state index in [1.807, 2.05) is 0 Å². The SMILES string of the molecule is CC(C)(CCl)C1CC1c1ccccc1. The number of hydrogen-bond acceptors (Lipinski definition) is 0. The normalized spacial score (nSPS) is 26.2. The Morgan fingerprint density at radius 3 is 2.50 bits per heavy atom. The molecule has 0 amide bonds. The van der Waals surface area contributed by atoms with Gasteiger partial charge in [0.1, 0.15) is 0 Å². The fourth-order valence-corrected chi connectivity index (χ4v) is 2.42. The van der Waals surface area contributed by atoms with Gasteiger partial charge in [-0.05, 0) is 29.2 Å². The molecule has 1 saturated carbocycles. The highest BCUT2D eigenvalue weighted by Gasteiger charge is 2.47. The maximum Gasteiger partial charge on any atom is 0.0277 e. The van der Waals surface area contributed by atoms with Gasteiger partial charge in [0, 0.05) is 5.88 Å². The van der Waals surface area contributed by atoms with Crippen molar-refractivity contribution in [3.8, 4) is 0 Å². The van der Waals surface area contributed by atoms with Gasteiger partial charge in [-0.15, -0.1) is 11.6 Å². The first-order valence-electron chi connectivity index (χ1n) is 5.26. The molecule has 0 heterocycles. The highest BCUT2D eigenvalue weighted by Crippen LogP contribution is 2.57. The first-order valence-corrected chi connectivity index (χ1v) is 5.79. The van der Waals surface area contributed by atoms with E-state index in [1.54, 1.807) is 0 Å². The number of benzene rings is 1. The minimum atomic E-state index is 0.294. The highest BCUT2D eigenvalue weighted by molar-refractivity contribution is 6.18. The van der Waals surface area contributed by atoms with Crippen LogP contribution in [0.2, 0.25) is 0 Å². The Labute approximate surface area is 91.3 Å². The average Bonchev–Trinajstić information content (AvgIpc) is 2.99. The van der Waals surface area contributed by atoms with Crippen LogP contribution in [0.25, 0.3) is 0 Å². The monoisotopic (exact) mass is 208 g/mol. The van der Waals surface area contributed by atoms with Crippen LogP contribution in [0.3, 0.4) is 0 Å². The summed E-state index contributed by atoms with van der Waals surface area (Å²) in [5, 5.41) is 0. The van der Waals surface area contributed by atoms with Gasteiger partial charge in [0.2, 0.25) is 0 Å². The molecule has 1 aromatic rings. The molecule has 1 heteroatoms. The molecule has 1 aliphatic carbocycles. The Bertz CT molecular complexity index is 302. The Hall–Kier alpha value is -0.490. The van der Waals surface area contributed by atoms with Gasteiger partial charge in [-0.2, -0.15) is 0 Å². The smallest absolute Gasteiger partial charge is 0.0277 e. The number of hydrogen-bond donors (Lipinski definition) is 0. The van der Waals surface area contributed by atoms with Crippen molar-refractivity contribution in [1.29, 1.82) is 0 Å². The van der Waals surface area contributed by atoms with Crippen molar-refractivity contribution in [2.24, 2.45) is 11.3 Å². The summed E-state index contributed by atoms with van der Waals surface area (Å²) < 4.78 is 0. The van der Waals surface area contributed by atoms with E-state index in [9.17, 15) is 0 Å². The van der Waals surface area contributed by atoms with Crippen LogP contribution in [-0.4, -0.2) is 5.88 Å². The van der Waals surface area contributed by atoms with E-state index in [1.165, 1.54) is 12.0 Å². The molecule has 2 atom stereocenters. The lowest BCUT2D eigenvalue weighted by Gasteiger charge is -2.21. The quantitative estimate of drug-likeness (QED) is 0.658. The van der Waals surface area contributed by atoms with Gasteiger partial charge < -0.3 is 0 Å². The average molecular weight is 209 g/mol. The molecule has 0 nitrogen and oxygen atoms in total. The van der Waals surface area contributed by atoms with E-state index in [0.717, 1.165) is 17.7 Å². The molecule has 0 N–H and O–H groups in total. The maximum atomic E-state index is 5.98. The van der Waals surface area contributed by atoms with Crippen molar-refractivity contribution in [2.75, 3.05) is 5.88 Å². The van der Waals surface area contributed by atoms with Gasteiger partial charge in [-0.3, -0.25) is 0 Å². The molecule has 2 rings (SSSR count). The van der Waals surface area contributed by atoms with Crippen LogP contribution in [0.5, 0.6) is 0 Å². The summed E-state index contributed by atoms with van der Waals surface area (Å²) in [4.78, 5) is 0. The van der Waals surface area contributed by atoms with Gasteiger partial charge in [-0.1, -0.05) is 44.2 Å². The molecule has 14 heavy (non-hydrogen) atoms. The van der Waals surface area contributed by atoms with E-state index in [-0.39, 0.29) is 0 Å². The van der Waals surface area contributed by atoms with Crippen molar-refractivity contribution >= 4 is 11.6 Å². The molecule has 0 aliphatic heterocycles. The van der Waals surface area contributed by atoms with Gasteiger partial charge in [0.05, 0.1) is 0 Å². The maximum absolute atomic E-state index is 5.98. The van der Waals surface area contributed by atoms with E-state index in [4.69, 9.17) is 11.6 Å². The minimum Gasteiger partial charge on any atom is -0.126 e. The number of rotatable bonds is 3. The van der Waals surface area contributed by atoms with E-state index >= 15 is 0 Å². The number of halogens is 1. The molecule has 1 aliphatic rings. The summed E-state index contributed by atoms with van der Waals surface area (Å²) in [6.45, 7) is 4.54. The van der Waals surface area contributed by atoms with Crippen LogP contribution < -0.4 is 0 Å². The van der Waals surface area contributed by atoms with Crippen LogP contribution >= 0.6 is 11.6 Å². The molecule has 0 spiro atoms. The minimum absolute atomic E-state index is 0.294. The summed E-state index contributed by atoms with van der Waals surface area (Å²) in [6.07, 6.45) is 1.31. The van der Waals surface area contributed by atoms with E-state index in [0.29, 0.717) is 5.41 Å². The molecule has 0 radical (unpaired) electrons. The van der Waals surface area contributed by atoms with E-state index < -0.39 is 0 Å². The zero-order chi connectivity index (χ0) is 10.2. The summed E-state index contributed by atoms with van der Waals surface area (Å²) >= 11 is 5.98. The molecular weight excluding hydrogens is 192 g/mol. The molecule has 2 unspecified atom stereocenters. The lowest BCUT2D eigenvalue weighted by Crippen LogP contribution is -2.16. The van der Waals surface area contributed by atoms with Crippen LogP contribution in [0.4, 0.5) is 0 Å². The zero-order valence-corrected chi connectivity index (χ0v) is 9.59. The second kappa shape index (κ2) is 3.58. The van der Waals surface area contributed by atoms with Crippen LogP contribution in [0.15, 0.2) is 30.3 Å². The lowest BCUT2D eigenvalue weighted by atomic mass is 9.87. The van der Waals surface area contributed by atoms with Crippen molar-refractivity contribution in [1.82, 2.24) is 0 Å². The second-order valence-electron chi connectivity index (χ2n) is 4.98. The predicted octanol–water partition coefficient (Wildman–Crippen LogP) is 4.06. The molecule has 0 aromatic heterocycles. The summed E-state index contributed by atoms with van der Waals surface area (Å²) in [6, 6.07) is 10.8. The van der Waals surface area contributed by atoms with E-state index in [2.05, 4.69) is 44.2 Å². The van der Waals surface area contributed by atoms with Crippen LogP contribution in [-0.2, 0) is 0 Å². The van der Waals surface area contributed by atoms with Gasteiger partial charge in [0.15, 0.2) is 0 Å². The Morgan fingerprint density at radius 2 is 1.93 bits per heavy atom. The zero-order valence-electron chi connectivity index (χ0n) is 8.83. The first-order chi connectivity index (χ1) is 6.65. The first kappa shape index (κ1) is 10.0. The van der Waals surface area contributed by atoms with Crippen molar-refractivity contribution in [2.45, 2.75) is 26.2 Å². The predicted molar refractivity (Wildman–Crippen MR) is 61.8 cm³/mol. The Balaban J connectivity index is 2.07. The lowest BCUT2D eigenvalue weighted by molar-refractivity contribution is 0.350. The fourth-order valence-electron chi connectivity index (χ4n) is 2.23. The topological polar surface area (TPSA) is 0 Å². The molecule has 0 bridgehead atoms. The molecule has 0 saturated heterocycles. The van der Waals surface area contributed by atoms with Gasteiger partial charge in [-0.25, -0.2) is 0 Å². The summed E-state index contributed by atoms with van der Waals surface area (Å²) in [5.74, 6) is 2.30. The van der Waals surface area contributed by atoms with Gasteiger partial charge >= 0.3 is 0 Å². The molecule has 1 aromatic carbocycles. The molecule has 1 fully saturated rings. The summed E-state index contributed by atoms with van der Waals surface area (Å²) in [7, 11) is 0. The molecular formula is C13H17Cl. The van der Waals surface area contributed by atoms with Crippen LogP contribution in [0, 0.1) is 11.3 Å². The number of alkyl halides is 1. The summed E-state index contributed by atoms with van der Waals surface area (Å²) in [5.41, 5.74) is 1.78. The fraction of sp³-hybridized carbons (Fsp3) is 0.538. The van der Waals surface area contributed by atoms with Crippen molar-refractivity contribution < 1.29 is 0 Å². The highest BCUT2D eigenvalue weighted by atomic mass is 35.5. The third kappa shape index (κ3) is 1.81. The molecule has 76 valence electrons. The third-order valence-electron chi connectivity index (χ3n) is 3.37. The Kier molecular flexibility index (Phi) is 2.57. The van der Waals surface area contributed by atoms with Crippen LogP contribution in [0.1, 0.15) is 31.7 Å². The standard InChI is InChI=1S/C13H17Cl/c1-13(2,9-14)12-8-11(12)10-6-4-3-5-7-10/h3-7,11-12H,8-9H2,1-2H3. The Morgan fingerprint density at radius 1 is 1.29 bits per heavy atom. The largest absolute Gasteiger partial charge is 0.126 e.